The lowest BCUT2D eigenvalue weighted by molar-refractivity contribution is -0.119. The van der Waals surface area contributed by atoms with Crippen LogP contribution in [-0.2, 0) is 4.79 Å². The van der Waals surface area contributed by atoms with E-state index in [1.54, 1.807) is 19.1 Å². The van der Waals surface area contributed by atoms with Gasteiger partial charge in [-0.3, -0.25) is 9.69 Å². The molecule has 2 aromatic carbocycles. The van der Waals surface area contributed by atoms with E-state index in [0.29, 0.717) is 18.8 Å². The zero-order chi connectivity index (χ0) is 21.1. The minimum Gasteiger partial charge on any atom is -0.497 e. The van der Waals surface area contributed by atoms with Crippen LogP contribution in [0.4, 0.5) is 5.95 Å². The third-order valence-electron chi connectivity index (χ3n) is 5.55. The molecule has 1 amide bonds. The van der Waals surface area contributed by atoms with Crippen LogP contribution in [-0.4, -0.2) is 34.9 Å². The summed E-state index contributed by atoms with van der Waals surface area (Å²) < 4.78 is 12.8. The molecule has 0 saturated carbocycles. The Kier molecular flexibility index (Phi) is 5.70. The third-order valence-corrected chi connectivity index (χ3v) is 5.55. The van der Waals surface area contributed by atoms with Gasteiger partial charge in [0, 0.05) is 12.0 Å². The Morgan fingerprint density at radius 1 is 1.07 bits per heavy atom. The Hall–Kier alpha value is -3.35. The van der Waals surface area contributed by atoms with Crippen molar-refractivity contribution in [3.05, 3.63) is 66.0 Å². The molecule has 3 aromatic rings. The lowest BCUT2D eigenvalue weighted by Crippen LogP contribution is -2.42. The molecular weight excluding hydrogens is 380 g/mol. The molecule has 7 nitrogen and oxygen atoms in total. The van der Waals surface area contributed by atoms with Gasteiger partial charge in [0.05, 0.1) is 26.3 Å². The summed E-state index contributed by atoms with van der Waals surface area (Å²) in [5.41, 5.74) is 2.06. The van der Waals surface area contributed by atoms with Crippen molar-refractivity contribution in [1.82, 2.24) is 14.8 Å². The first-order chi connectivity index (χ1) is 14.7. The lowest BCUT2D eigenvalue weighted by Gasteiger charge is -2.39. The number of aromatic nitrogens is 3. The number of nitrogens with zero attached hydrogens (tertiary/aromatic N) is 4. The molecule has 7 heteroatoms. The molecule has 0 aliphatic carbocycles. The largest absolute Gasteiger partial charge is 0.497 e. The van der Waals surface area contributed by atoms with Crippen LogP contribution in [0.5, 0.6) is 11.5 Å². The van der Waals surface area contributed by atoms with Crippen molar-refractivity contribution >= 4 is 11.9 Å². The average Bonchev–Trinajstić information content (AvgIpc) is 3.28. The van der Waals surface area contributed by atoms with Gasteiger partial charge in [0.2, 0.25) is 11.9 Å². The van der Waals surface area contributed by atoms with Crippen LogP contribution < -0.4 is 14.4 Å². The lowest BCUT2D eigenvalue weighted by atomic mass is 9.91. The molecule has 0 fully saturated rings. The quantitative estimate of drug-likeness (QED) is 0.615. The van der Waals surface area contributed by atoms with E-state index in [-0.39, 0.29) is 18.0 Å². The predicted molar refractivity (Wildman–Crippen MR) is 114 cm³/mol. The van der Waals surface area contributed by atoms with E-state index in [2.05, 4.69) is 10.1 Å². The van der Waals surface area contributed by atoms with Gasteiger partial charge in [-0.1, -0.05) is 37.3 Å². The molecular formula is C23H26N4O3. The summed E-state index contributed by atoms with van der Waals surface area (Å²) in [6.45, 7) is 2.01. The monoisotopic (exact) mass is 406 g/mol. The fraction of sp³-hybridized carbons (Fsp3) is 0.348. The second-order valence-corrected chi connectivity index (χ2v) is 7.30. The molecule has 2 heterocycles. The van der Waals surface area contributed by atoms with Crippen molar-refractivity contribution in [3.8, 4) is 11.5 Å². The minimum absolute atomic E-state index is 0.0473. The van der Waals surface area contributed by atoms with Crippen molar-refractivity contribution in [2.45, 2.75) is 38.3 Å². The molecule has 0 unspecified atom stereocenters. The molecule has 4 rings (SSSR count). The second-order valence-electron chi connectivity index (χ2n) is 7.30. The topological polar surface area (TPSA) is 69.5 Å². The van der Waals surface area contributed by atoms with Crippen LogP contribution in [0.3, 0.4) is 0 Å². The van der Waals surface area contributed by atoms with Gasteiger partial charge < -0.3 is 9.47 Å². The van der Waals surface area contributed by atoms with E-state index >= 15 is 0 Å². The second kappa shape index (κ2) is 8.57. The number of rotatable bonds is 6. The number of carbonyl (C=O) groups is 1. The fourth-order valence-electron chi connectivity index (χ4n) is 4.12. The van der Waals surface area contributed by atoms with Gasteiger partial charge in [0.1, 0.15) is 17.8 Å². The highest BCUT2D eigenvalue weighted by molar-refractivity contribution is 5.92. The van der Waals surface area contributed by atoms with E-state index in [0.717, 1.165) is 29.0 Å². The SMILES string of the molecule is CCCC(=O)N1c2ncnn2[C@H](c2ccccc2OC)C[C@@H]1c1ccc(OC)cc1. The third kappa shape index (κ3) is 3.51. The number of methoxy groups -OCH3 is 2. The van der Waals surface area contributed by atoms with Gasteiger partial charge in [0.15, 0.2) is 0 Å². The van der Waals surface area contributed by atoms with Crippen molar-refractivity contribution in [1.29, 1.82) is 0 Å². The summed E-state index contributed by atoms with van der Waals surface area (Å²) in [6, 6.07) is 15.5. The number of para-hydroxylation sites is 1. The van der Waals surface area contributed by atoms with Crippen molar-refractivity contribution < 1.29 is 14.3 Å². The Labute approximate surface area is 176 Å². The van der Waals surface area contributed by atoms with E-state index in [9.17, 15) is 4.79 Å². The van der Waals surface area contributed by atoms with Gasteiger partial charge in [0.25, 0.3) is 0 Å². The minimum atomic E-state index is -0.165. The summed E-state index contributed by atoms with van der Waals surface area (Å²) in [4.78, 5) is 19.4. The Morgan fingerprint density at radius 3 is 2.53 bits per heavy atom. The van der Waals surface area contributed by atoms with Crippen molar-refractivity contribution in [2.75, 3.05) is 19.1 Å². The number of fused-ring (bicyclic) bond motifs is 1. The van der Waals surface area contributed by atoms with E-state index in [1.165, 1.54) is 6.33 Å². The normalized spacial score (nSPS) is 18.0. The van der Waals surface area contributed by atoms with Crippen LogP contribution in [0.2, 0.25) is 0 Å². The van der Waals surface area contributed by atoms with Crippen LogP contribution in [0, 0.1) is 0 Å². The number of hydrogen-bond acceptors (Lipinski definition) is 5. The van der Waals surface area contributed by atoms with E-state index in [4.69, 9.17) is 9.47 Å². The average molecular weight is 406 g/mol. The summed E-state index contributed by atoms with van der Waals surface area (Å²) in [5, 5.41) is 4.47. The zero-order valence-electron chi connectivity index (χ0n) is 17.5. The molecule has 0 spiro atoms. The maximum absolute atomic E-state index is 13.1. The van der Waals surface area contributed by atoms with Crippen LogP contribution in [0.15, 0.2) is 54.9 Å². The number of anilines is 1. The van der Waals surface area contributed by atoms with Gasteiger partial charge in [-0.05, 0) is 36.6 Å². The summed E-state index contributed by atoms with van der Waals surface area (Å²) >= 11 is 0. The molecule has 1 aromatic heterocycles. The highest BCUT2D eigenvalue weighted by Gasteiger charge is 2.39. The van der Waals surface area contributed by atoms with Crippen molar-refractivity contribution in [2.24, 2.45) is 0 Å². The first kappa shape index (κ1) is 19.9. The first-order valence-electron chi connectivity index (χ1n) is 10.2. The molecule has 1 aliphatic heterocycles. The highest BCUT2D eigenvalue weighted by Crippen LogP contribution is 2.44. The molecule has 0 N–H and O–H groups in total. The summed E-state index contributed by atoms with van der Waals surface area (Å²) in [7, 11) is 3.31. The highest BCUT2D eigenvalue weighted by atomic mass is 16.5. The zero-order valence-corrected chi connectivity index (χ0v) is 17.5. The molecule has 2 atom stereocenters. The maximum Gasteiger partial charge on any atom is 0.231 e. The molecule has 156 valence electrons. The number of ether oxygens (including phenoxy) is 2. The maximum atomic E-state index is 13.1. The molecule has 0 saturated heterocycles. The van der Waals surface area contributed by atoms with Gasteiger partial charge in [-0.15, -0.1) is 0 Å². The Bertz CT molecular complexity index is 1020. The van der Waals surface area contributed by atoms with Crippen LogP contribution in [0.25, 0.3) is 0 Å². The van der Waals surface area contributed by atoms with Crippen LogP contribution >= 0.6 is 0 Å². The number of benzene rings is 2. The Morgan fingerprint density at radius 2 is 1.83 bits per heavy atom. The predicted octanol–water partition coefficient (Wildman–Crippen LogP) is 4.16. The number of hydrogen-bond donors (Lipinski definition) is 0. The molecule has 0 bridgehead atoms. The van der Waals surface area contributed by atoms with E-state index in [1.807, 2.05) is 60.1 Å². The van der Waals surface area contributed by atoms with E-state index < -0.39 is 0 Å². The summed E-state index contributed by atoms with van der Waals surface area (Å²) in [5.74, 6) is 2.19. The number of carbonyl (C=O) groups excluding carboxylic acids is 1. The molecule has 0 radical (unpaired) electrons. The first-order valence-corrected chi connectivity index (χ1v) is 10.2. The van der Waals surface area contributed by atoms with Gasteiger partial charge >= 0.3 is 0 Å². The smallest absolute Gasteiger partial charge is 0.231 e. The fourth-order valence-corrected chi connectivity index (χ4v) is 4.12. The van der Waals surface area contributed by atoms with Gasteiger partial charge in [-0.2, -0.15) is 10.1 Å². The Balaban J connectivity index is 1.83. The summed E-state index contributed by atoms with van der Waals surface area (Å²) in [6.07, 6.45) is 3.41. The van der Waals surface area contributed by atoms with Gasteiger partial charge in [-0.25, -0.2) is 4.68 Å². The molecule has 30 heavy (non-hydrogen) atoms. The van der Waals surface area contributed by atoms with Crippen molar-refractivity contribution in [3.63, 3.8) is 0 Å². The van der Waals surface area contributed by atoms with Crippen LogP contribution in [0.1, 0.15) is 49.4 Å². The molecule has 1 aliphatic rings. The standard InChI is InChI=1S/C23H26N4O3/c1-4-7-22(28)26-19(16-10-12-17(29-2)13-11-16)14-20(27-23(26)24-15-25-27)18-8-5-6-9-21(18)30-3/h5-6,8-13,15,19-20H,4,7,14H2,1-3H3/t19-,20+/m1/s1. The number of amides is 1.